The van der Waals surface area contributed by atoms with Gasteiger partial charge >= 0.3 is 0 Å². The lowest BCUT2D eigenvalue weighted by Gasteiger charge is -2.13. The van der Waals surface area contributed by atoms with Crippen molar-refractivity contribution in [2.45, 2.75) is 32.2 Å². The van der Waals surface area contributed by atoms with Crippen LogP contribution >= 0.6 is 0 Å². The molecule has 3 N–H and O–H groups in total. The number of hydrogen-bond donors (Lipinski definition) is 3. The molecule has 0 fully saturated rings. The van der Waals surface area contributed by atoms with Crippen LogP contribution in [0.1, 0.15) is 35.7 Å². The van der Waals surface area contributed by atoms with Crippen molar-refractivity contribution in [1.82, 2.24) is 5.32 Å². The normalized spacial score (nSPS) is 14.7. The second-order valence-electron chi connectivity index (χ2n) is 4.84. The van der Waals surface area contributed by atoms with Crippen LogP contribution in [0.4, 0.5) is 5.69 Å². The first kappa shape index (κ1) is 13.5. The van der Waals surface area contributed by atoms with E-state index in [2.05, 4.69) is 10.6 Å². The third-order valence-corrected chi connectivity index (χ3v) is 3.17. The van der Waals surface area contributed by atoms with Crippen LogP contribution in [0.3, 0.4) is 0 Å². The minimum atomic E-state index is -0.146. The molecule has 2 rings (SSSR count). The maximum Gasteiger partial charge on any atom is 0.251 e. The summed E-state index contributed by atoms with van der Waals surface area (Å²) in [5, 5.41) is 14.4. The Morgan fingerprint density at radius 3 is 3.05 bits per heavy atom. The number of benzene rings is 1. The Morgan fingerprint density at radius 1 is 1.53 bits per heavy atom. The van der Waals surface area contributed by atoms with Crippen LogP contribution in [0.15, 0.2) is 18.2 Å². The third kappa shape index (κ3) is 3.32. The van der Waals surface area contributed by atoms with Crippen LogP contribution in [-0.2, 0) is 11.2 Å². The average molecular weight is 262 g/mol. The highest BCUT2D eigenvalue weighted by Gasteiger charge is 2.19. The predicted molar refractivity (Wildman–Crippen MR) is 72.0 cm³/mol. The highest BCUT2D eigenvalue weighted by molar-refractivity contribution is 6.01. The number of rotatable bonds is 5. The van der Waals surface area contributed by atoms with Crippen molar-refractivity contribution in [3.8, 4) is 0 Å². The van der Waals surface area contributed by atoms with E-state index in [1.54, 1.807) is 18.2 Å². The fourth-order valence-electron chi connectivity index (χ4n) is 2.15. The molecule has 0 saturated heterocycles. The number of aliphatic hydroxyl groups is 1. The molecule has 0 aliphatic carbocycles. The molecule has 5 nitrogen and oxygen atoms in total. The third-order valence-electron chi connectivity index (χ3n) is 3.17. The van der Waals surface area contributed by atoms with Gasteiger partial charge in [0.2, 0.25) is 5.91 Å². The molecular formula is C14H18N2O3. The standard InChI is InChI=1S/C14H18N2O3/c1-9(3-2-6-17)15-14(19)10-4-5-12-11(7-10)8-13(18)16-12/h4-5,7,9,17H,2-3,6,8H2,1H3,(H,15,19)(H,16,18). The summed E-state index contributed by atoms with van der Waals surface area (Å²) in [7, 11) is 0. The Balaban J connectivity index is 2.00. The second kappa shape index (κ2) is 5.84. The van der Waals surface area contributed by atoms with Gasteiger partial charge in [-0.05, 0) is 43.5 Å². The van der Waals surface area contributed by atoms with Crippen LogP contribution in [0.2, 0.25) is 0 Å². The summed E-state index contributed by atoms with van der Waals surface area (Å²) in [4.78, 5) is 23.3. The molecule has 1 heterocycles. The molecule has 19 heavy (non-hydrogen) atoms. The molecule has 1 atom stereocenters. The van der Waals surface area contributed by atoms with Gasteiger partial charge in [-0.25, -0.2) is 0 Å². The molecule has 2 amide bonds. The van der Waals surface area contributed by atoms with Crippen molar-refractivity contribution < 1.29 is 14.7 Å². The van der Waals surface area contributed by atoms with Crippen LogP contribution in [0.25, 0.3) is 0 Å². The number of carbonyl (C=O) groups excluding carboxylic acids is 2. The van der Waals surface area contributed by atoms with Crippen molar-refractivity contribution in [1.29, 1.82) is 0 Å². The van der Waals surface area contributed by atoms with Crippen molar-refractivity contribution >= 4 is 17.5 Å². The number of amides is 2. The van der Waals surface area contributed by atoms with E-state index >= 15 is 0 Å². The van der Waals surface area contributed by atoms with E-state index in [1.165, 1.54) is 0 Å². The first-order valence-corrected chi connectivity index (χ1v) is 6.44. The van der Waals surface area contributed by atoms with Gasteiger partial charge in [-0.1, -0.05) is 0 Å². The zero-order chi connectivity index (χ0) is 13.8. The fraction of sp³-hybridized carbons (Fsp3) is 0.429. The summed E-state index contributed by atoms with van der Waals surface area (Å²) in [6.45, 7) is 2.04. The van der Waals surface area contributed by atoms with E-state index in [9.17, 15) is 9.59 Å². The Labute approximate surface area is 112 Å². The van der Waals surface area contributed by atoms with Crippen molar-refractivity contribution in [2.75, 3.05) is 11.9 Å². The summed E-state index contributed by atoms with van der Waals surface area (Å²) in [5.41, 5.74) is 2.21. The maximum absolute atomic E-state index is 12.0. The van der Waals surface area contributed by atoms with Gasteiger partial charge in [-0.2, -0.15) is 0 Å². The van der Waals surface area contributed by atoms with E-state index < -0.39 is 0 Å². The van der Waals surface area contributed by atoms with Gasteiger partial charge in [-0.3, -0.25) is 9.59 Å². The Bertz CT molecular complexity index is 499. The van der Waals surface area contributed by atoms with Crippen molar-refractivity contribution in [3.63, 3.8) is 0 Å². The second-order valence-corrected chi connectivity index (χ2v) is 4.84. The van der Waals surface area contributed by atoms with E-state index in [0.717, 1.165) is 17.7 Å². The molecule has 1 aliphatic rings. The van der Waals surface area contributed by atoms with E-state index in [0.29, 0.717) is 18.4 Å². The molecule has 1 unspecified atom stereocenters. The number of carbonyl (C=O) groups is 2. The van der Waals surface area contributed by atoms with Gasteiger partial charge in [0, 0.05) is 23.9 Å². The number of nitrogens with one attached hydrogen (secondary N) is 2. The van der Waals surface area contributed by atoms with E-state index in [4.69, 9.17) is 5.11 Å². The van der Waals surface area contributed by atoms with Crippen molar-refractivity contribution in [3.05, 3.63) is 29.3 Å². The van der Waals surface area contributed by atoms with Crippen LogP contribution in [0.5, 0.6) is 0 Å². The average Bonchev–Trinajstić information content (AvgIpc) is 2.75. The van der Waals surface area contributed by atoms with Crippen LogP contribution in [0, 0.1) is 0 Å². The molecular weight excluding hydrogens is 244 g/mol. The van der Waals surface area contributed by atoms with Gasteiger partial charge < -0.3 is 15.7 Å². The largest absolute Gasteiger partial charge is 0.396 e. The summed E-state index contributed by atoms with van der Waals surface area (Å²) in [6.07, 6.45) is 1.74. The number of anilines is 1. The lowest BCUT2D eigenvalue weighted by atomic mass is 10.1. The molecule has 1 aromatic carbocycles. The number of aliphatic hydroxyl groups excluding tert-OH is 1. The van der Waals surface area contributed by atoms with Gasteiger partial charge in [0.25, 0.3) is 5.91 Å². The molecule has 1 aromatic rings. The molecule has 0 spiro atoms. The Kier molecular flexibility index (Phi) is 4.16. The topological polar surface area (TPSA) is 78.4 Å². The molecule has 0 bridgehead atoms. The predicted octanol–water partition coefficient (Wildman–Crippen LogP) is 1.07. The molecule has 102 valence electrons. The minimum Gasteiger partial charge on any atom is -0.396 e. The highest BCUT2D eigenvalue weighted by atomic mass is 16.3. The van der Waals surface area contributed by atoms with Crippen LogP contribution in [-0.4, -0.2) is 29.6 Å². The van der Waals surface area contributed by atoms with Crippen LogP contribution < -0.4 is 10.6 Å². The number of fused-ring (bicyclic) bond motifs is 1. The SMILES string of the molecule is CC(CCCO)NC(=O)c1ccc2c(c1)CC(=O)N2. The van der Waals surface area contributed by atoms with Gasteiger partial charge in [0.05, 0.1) is 6.42 Å². The van der Waals surface area contributed by atoms with E-state index in [-0.39, 0.29) is 24.5 Å². The quantitative estimate of drug-likeness (QED) is 0.742. The van der Waals surface area contributed by atoms with E-state index in [1.807, 2.05) is 6.92 Å². The molecule has 0 aromatic heterocycles. The Hall–Kier alpha value is -1.88. The monoisotopic (exact) mass is 262 g/mol. The lowest BCUT2D eigenvalue weighted by molar-refractivity contribution is -0.115. The smallest absolute Gasteiger partial charge is 0.251 e. The van der Waals surface area contributed by atoms with Gasteiger partial charge in [0.15, 0.2) is 0 Å². The zero-order valence-electron chi connectivity index (χ0n) is 10.9. The minimum absolute atomic E-state index is 0.0210. The summed E-state index contributed by atoms with van der Waals surface area (Å²) >= 11 is 0. The first-order valence-electron chi connectivity index (χ1n) is 6.44. The zero-order valence-corrected chi connectivity index (χ0v) is 10.9. The summed E-state index contributed by atoms with van der Waals surface area (Å²) < 4.78 is 0. The summed E-state index contributed by atoms with van der Waals surface area (Å²) in [5.74, 6) is -0.184. The van der Waals surface area contributed by atoms with Gasteiger partial charge in [0.1, 0.15) is 0 Å². The molecule has 0 radical (unpaired) electrons. The maximum atomic E-state index is 12.0. The van der Waals surface area contributed by atoms with Crippen molar-refractivity contribution in [2.24, 2.45) is 0 Å². The van der Waals surface area contributed by atoms with Gasteiger partial charge in [-0.15, -0.1) is 0 Å². The first-order chi connectivity index (χ1) is 9.10. The highest BCUT2D eigenvalue weighted by Crippen LogP contribution is 2.23. The molecule has 1 aliphatic heterocycles. The lowest BCUT2D eigenvalue weighted by Crippen LogP contribution is -2.32. The number of hydrogen-bond acceptors (Lipinski definition) is 3. The Morgan fingerprint density at radius 2 is 2.32 bits per heavy atom. The molecule has 5 heteroatoms. The fourth-order valence-corrected chi connectivity index (χ4v) is 2.15. The summed E-state index contributed by atoms with van der Waals surface area (Å²) in [6, 6.07) is 5.24. The molecule has 0 saturated carbocycles.